The number of amides is 1. The van der Waals surface area contributed by atoms with Crippen molar-refractivity contribution in [1.29, 1.82) is 0 Å². The first kappa shape index (κ1) is 13.0. The Morgan fingerprint density at radius 1 is 1.38 bits per heavy atom. The predicted molar refractivity (Wildman–Crippen MR) is 82.9 cm³/mol. The van der Waals surface area contributed by atoms with Crippen LogP contribution in [0.15, 0.2) is 42.5 Å². The van der Waals surface area contributed by atoms with Gasteiger partial charge in [0.2, 0.25) is 0 Å². The van der Waals surface area contributed by atoms with Gasteiger partial charge in [0.1, 0.15) is 5.60 Å². The topological polar surface area (TPSA) is 41.6 Å². The molecule has 3 aliphatic heterocycles. The molecule has 0 saturated carbocycles. The summed E-state index contributed by atoms with van der Waals surface area (Å²) in [6.07, 6.45) is 5.66. The zero-order valence-electron chi connectivity index (χ0n) is 11.5. The van der Waals surface area contributed by atoms with Crippen molar-refractivity contribution in [3.05, 3.63) is 48.0 Å². The molecule has 1 aromatic rings. The summed E-state index contributed by atoms with van der Waals surface area (Å²) >= 11 is 5.39. The van der Waals surface area contributed by atoms with Gasteiger partial charge in [-0.3, -0.25) is 10.1 Å². The highest BCUT2D eigenvalue weighted by Gasteiger charge is 2.55. The molecule has 0 aliphatic carbocycles. The summed E-state index contributed by atoms with van der Waals surface area (Å²) in [4.78, 5) is 14.2. The fourth-order valence-electron chi connectivity index (χ4n) is 3.54. The fraction of sp³-hybridized carbons (Fsp3) is 0.375. The van der Waals surface area contributed by atoms with Crippen LogP contribution in [0, 0.1) is 5.92 Å². The molecule has 2 bridgehead atoms. The van der Waals surface area contributed by atoms with Crippen molar-refractivity contribution in [2.45, 2.75) is 18.1 Å². The first-order valence-corrected chi connectivity index (χ1v) is 7.60. The van der Waals surface area contributed by atoms with E-state index < -0.39 is 0 Å². The highest BCUT2D eigenvalue weighted by Crippen LogP contribution is 2.47. The summed E-state index contributed by atoms with van der Waals surface area (Å²) in [5.41, 5.74) is 0.445. The molecule has 4 rings (SSSR count). The molecule has 3 unspecified atom stereocenters. The number of benzene rings is 1. The first-order chi connectivity index (χ1) is 10.2. The maximum absolute atomic E-state index is 12.1. The van der Waals surface area contributed by atoms with Gasteiger partial charge in [0.15, 0.2) is 5.11 Å². The molecule has 1 spiro atoms. The smallest absolute Gasteiger partial charge is 0.257 e. The van der Waals surface area contributed by atoms with Crippen LogP contribution < -0.4 is 5.32 Å². The highest BCUT2D eigenvalue weighted by molar-refractivity contribution is 7.80. The molecule has 1 aromatic carbocycles. The molecule has 0 radical (unpaired) electrons. The molecule has 108 valence electrons. The number of carbonyl (C=O) groups is 1. The van der Waals surface area contributed by atoms with Crippen molar-refractivity contribution < 1.29 is 9.53 Å². The number of nitrogens with zero attached hydrogens (tertiary/aromatic N) is 1. The van der Waals surface area contributed by atoms with E-state index >= 15 is 0 Å². The first-order valence-electron chi connectivity index (χ1n) is 7.19. The molecule has 0 aromatic heterocycles. The van der Waals surface area contributed by atoms with E-state index in [9.17, 15) is 4.79 Å². The summed E-state index contributed by atoms with van der Waals surface area (Å²) in [6, 6.07) is 9.13. The maximum Gasteiger partial charge on any atom is 0.257 e. The third-order valence-electron chi connectivity index (χ3n) is 4.59. The summed E-state index contributed by atoms with van der Waals surface area (Å²) < 4.78 is 6.03. The number of likely N-dealkylation sites (tertiary alicyclic amines) is 1. The third kappa shape index (κ3) is 2.08. The Balaban J connectivity index is 1.43. The minimum absolute atomic E-state index is 0.157. The van der Waals surface area contributed by atoms with Gasteiger partial charge in [-0.05, 0) is 30.8 Å². The van der Waals surface area contributed by atoms with Gasteiger partial charge < -0.3 is 9.64 Å². The predicted octanol–water partition coefficient (Wildman–Crippen LogP) is 1.73. The van der Waals surface area contributed by atoms with Crippen molar-refractivity contribution in [1.82, 2.24) is 10.2 Å². The van der Waals surface area contributed by atoms with Crippen molar-refractivity contribution in [2.75, 3.05) is 13.1 Å². The van der Waals surface area contributed by atoms with Crippen molar-refractivity contribution in [2.24, 2.45) is 5.92 Å². The average molecular weight is 300 g/mol. The number of hydrogen-bond acceptors (Lipinski definition) is 3. The number of fused-ring (bicyclic) bond motifs is 1. The van der Waals surface area contributed by atoms with Gasteiger partial charge in [0.25, 0.3) is 5.91 Å². The lowest BCUT2D eigenvalue weighted by Crippen LogP contribution is -2.43. The zero-order valence-corrected chi connectivity index (χ0v) is 12.3. The lowest BCUT2D eigenvalue weighted by molar-refractivity contribution is 0.0283. The van der Waals surface area contributed by atoms with Crippen LogP contribution in [0.25, 0.3) is 0 Å². The highest BCUT2D eigenvalue weighted by atomic mass is 32.1. The number of nitrogens with one attached hydrogen (secondary N) is 1. The van der Waals surface area contributed by atoms with Crippen LogP contribution in [0.2, 0.25) is 0 Å². The van der Waals surface area contributed by atoms with Crippen molar-refractivity contribution in [3.63, 3.8) is 0 Å². The molecule has 5 heteroatoms. The molecule has 3 heterocycles. The Bertz CT molecular complexity index is 630. The van der Waals surface area contributed by atoms with Crippen molar-refractivity contribution in [3.8, 4) is 0 Å². The van der Waals surface area contributed by atoms with Crippen LogP contribution in [-0.2, 0) is 4.74 Å². The molecule has 4 nitrogen and oxygen atoms in total. The molecule has 3 aliphatic rings. The van der Waals surface area contributed by atoms with E-state index in [1.807, 2.05) is 23.1 Å². The van der Waals surface area contributed by atoms with E-state index in [2.05, 4.69) is 17.5 Å². The second-order valence-electron chi connectivity index (χ2n) is 5.91. The van der Waals surface area contributed by atoms with Gasteiger partial charge in [-0.25, -0.2) is 0 Å². The molecule has 1 N–H and O–H groups in total. The maximum atomic E-state index is 12.1. The van der Waals surface area contributed by atoms with Crippen LogP contribution in [0.3, 0.4) is 0 Å². The monoisotopic (exact) mass is 300 g/mol. The minimum Gasteiger partial charge on any atom is -0.361 e. The van der Waals surface area contributed by atoms with Gasteiger partial charge >= 0.3 is 0 Å². The number of hydrogen-bond donors (Lipinski definition) is 1. The molecular weight excluding hydrogens is 284 g/mol. The lowest BCUT2D eigenvalue weighted by Gasteiger charge is -2.23. The van der Waals surface area contributed by atoms with E-state index in [-0.39, 0.29) is 17.6 Å². The minimum atomic E-state index is -0.174. The second-order valence-corrected chi connectivity index (χ2v) is 6.30. The van der Waals surface area contributed by atoms with Crippen LogP contribution in [0.5, 0.6) is 0 Å². The van der Waals surface area contributed by atoms with Crippen LogP contribution >= 0.6 is 12.2 Å². The molecule has 2 saturated heterocycles. The van der Waals surface area contributed by atoms with Gasteiger partial charge in [0.05, 0.1) is 12.6 Å². The van der Waals surface area contributed by atoms with E-state index in [1.165, 1.54) is 0 Å². The van der Waals surface area contributed by atoms with Gasteiger partial charge in [-0.1, -0.05) is 30.4 Å². The SMILES string of the molecule is O=C(NC(=S)N1CC2CC3C=CC2(C1)O3)c1ccccc1. The van der Waals surface area contributed by atoms with E-state index in [1.54, 1.807) is 12.1 Å². The normalized spacial score (nSPS) is 32.3. The molecular formula is C16H16N2O2S. The second kappa shape index (κ2) is 4.64. The van der Waals surface area contributed by atoms with E-state index in [0.29, 0.717) is 16.6 Å². The van der Waals surface area contributed by atoms with Crippen LogP contribution in [0.1, 0.15) is 16.8 Å². The number of carbonyl (C=O) groups excluding carboxylic acids is 1. The average Bonchev–Trinajstić information content (AvgIpc) is 3.15. The quantitative estimate of drug-likeness (QED) is 0.633. The van der Waals surface area contributed by atoms with E-state index in [4.69, 9.17) is 17.0 Å². The Morgan fingerprint density at radius 3 is 2.90 bits per heavy atom. The molecule has 1 amide bonds. The van der Waals surface area contributed by atoms with Gasteiger partial charge in [0, 0.05) is 18.0 Å². The molecule has 2 fully saturated rings. The van der Waals surface area contributed by atoms with E-state index in [0.717, 1.165) is 19.5 Å². The van der Waals surface area contributed by atoms with Crippen LogP contribution in [0.4, 0.5) is 0 Å². The summed E-state index contributed by atoms with van der Waals surface area (Å²) in [5, 5.41) is 3.31. The van der Waals surface area contributed by atoms with Gasteiger partial charge in [-0.15, -0.1) is 0 Å². The number of ether oxygens (including phenoxy) is 1. The standard InChI is InChI=1S/C16H16N2O2S/c19-14(11-4-2-1-3-5-11)17-15(21)18-9-12-8-13-6-7-16(12,10-18)20-13/h1-7,12-13H,8-10H2,(H,17,19,21). The zero-order chi connectivity index (χ0) is 14.4. The summed E-state index contributed by atoms with van der Waals surface area (Å²) in [6.45, 7) is 1.59. The fourth-order valence-corrected chi connectivity index (χ4v) is 3.77. The van der Waals surface area contributed by atoms with Crippen LogP contribution in [-0.4, -0.2) is 40.7 Å². The largest absolute Gasteiger partial charge is 0.361 e. The number of rotatable bonds is 1. The third-order valence-corrected chi connectivity index (χ3v) is 4.95. The lowest BCUT2D eigenvalue weighted by atomic mass is 9.86. The molecule has 3 atom stereocenters. The molecule has 21 heavy (non-hydrogen) atoms. The Kier molecular flexibility index (Phi) is 2.87. The van der Waals surface area contributed by atoms with Gasteiger partial charge in [-0.2, -0.15) is 0 Å². The Morgan fingerprint density at radius 2 is 2.19 bits per heavy atom. The van der Waals surface area contributed by atoms with Crippen molar-refractivity contribution >= 4 is 23.2 Å². The summed E-state index contributed by atoms with van der Waals surface area (Å²) in [5.74, 6) is 0.329. The Labute approximate surface area is 128 Å². The Hall–Kier alpha value is -1.72. The number of thiocarbonyl (C=S) groups is 1. The summed E-state index contributed by atoms with van der Waals surface area (Å²) in [7, 11) is 0.